The third kappa shape index (κ3) is 2.28. The molecule has 0 aliphatic carbocycles. The first kappa shape index (κ1) is 10.4. The zero-order valence-corrected chi connectivity index (χ0v) is 9.37. The van der Waals surface area contributed by atoms with E-state index in [1.807, 2.05) is 16.5 Å². The lowest BCUT2D eigenvalue weighted by molar-refractivity contribution is -0.130. The quantitative estimate of drug-likeness (QED) is 0.752. The van der Waals surface area contributed by atoms with Crippen molar-refractivity contribution in [2.24, 2.45) is 0 Å². The smallest absolute Gasteiger partial charge is 0.222 e. The summed E-state index contributed by atoms with van der Waals surface area (Å²) in [6.07, 6.45) is 2.17. The zero-order chi connectivity index (χ0) is 10.7. The molecule has 5 heteroatoms. The van der Waals surface area contributed by atoms with Crippen LogP contribution in [0.3, 0.4) is 0 Å². The van der Waals surface area contributed by atoms with Crippen molar-refractivity contribution in [3.05, 3.63) is 18.5 Å². The molecule has 4 nitrogen and oxygen atoms in total. The molecule has 1 amide bonds. The molecule has 2 heterocycles. The molecule has 1 saturated heterocycles. The summed E-state index contributed by atoms with van der Waals surface area (Å²) >= 11 is 1.64. The van der Waals surface area contributed by atoms with Crippen LogP contribution in [0.5, 0.6) is 0 Å². The van der Waals surface area contributed by atoms with Crippen LogP contribution in [-0.2, 0) is 4.79 Å². The Morgan fingerprint density at radius 2 is 2.20 bits per heavy atom. The summed E-state index contributed by atoms with van der Waals surface area (Å²) in [6, 6.07) is 0. The van der Waals surface area contributed by atoms with Gasteiger partial charge in [0.05, 0.1) is 0 Å². The molecule has 0 N–H and O–H groups in total. The fraction of sp³-hybridized carbons (Fsp3) is 0.500. The highest BCUT2D eigenvalue weighted by Gasteiger charge is 2.20. The zero-order valence-electron chi connectivity index (χ0n) is 8.56. The van der Waals surface area contributed by atoms with Gasteiger partial charge in [0.15, 0.2) is 5.13 Å². The molecule has 15 heavy (non-hydrogen) atoms. The Bertz CT molecular complexity index is 317. The highest BCUT2D eigenvalue weighted by Crippen LogP contribution is 2.18. The molecule has 0 saturated carbocycles. The minimum absolute atomic E-state index is 0.147. The minimum atomic E-state index is 0.147. The Balaban J connectivity index is 1.90. The van der Waals surface area contributed by atoms with E-state index in [-0.39, 0.29) is 5.91 Å². The van der Waals surface area contributed by atoms with Crippen LogP contribution in [0, 0.1) is 6.92 Å². The lowest BCUT2D eigenvalue weighted by Crippen LogP contribution is -2.48. The highest BCUT2D eigenvalue weighted by molar-refractivity contribution is 7.13. The molecule has 1 aromatic heterocycles. The van der Waals surface area contributed by atoms with Gasteiger partial charge in [-0.25, -0.2) is 4.98 Å². The van der Waals surface area contributed by atoms with E-state index in [0.717, 1.165) is 31.3 Å². The summed E-state index contributed by atoms with van der Waals surface area (Å²) in [5.41, 5.74) is 0. The minimum Gasteiger partial charge on any atom is -0.345 e. The average molecular weight is 224 g/mol. The largest absolute Gasteiger partial charge is 0.345 e. The van der Waals surface area contributed by atoms with Crippen LogP contribution in [-0.4, -0.2) is 42.0 Å². The number of hydrogen-bond acceptors (Lipinski definition) is 4. The molecule has 0 spiro atoms. The van der Waals surface area contributed by atoms with E-state index in [4.69, 9.17) is 0 Å². The van der Waals surface area contributed by atoms with Crippen molar-refractivity contribution in [3.63, 3.8) is 0 Å². The van der Waals surface area contributed by atoms with Crippen molar-refractivity contribution in [2.75, 3.05) is 31.1 Å². The molecule has 0 aromatic carbocycles. The van der Waals surface area contributed by atoms with Gasteiger partial charge in [-0.05, 0) is 6.92 Å². The lowest BCUT2D eigenvalue weighted by Gasteiger charge is -2.34. The van der Waals surface area contributed by atoms with Crippen LogP contribution in [0.25, 0.3) is 0 Å². The van der Waals surface area contributed by atoms with Crippen molar-refractivity contribution in [1.82, 2.24) is 9.88 Å². The molecule has 0 bridgehead atoms. The monoisotopic (exact) mass is 224 g/mol. The van der Waals surface area contributed by atoms with Gasteiger partial charge in [0.25, 0.3) is 0 Å². The van der Waals surface area contributed by atoms with Crippen LogP contribution >= 0.6 is 11.3 Å². The van der Waals surface area contributed by atoms with Gasteiger partial charge in [0.1, 0.15) is 0 Å². The second kappa shape index (κ2) is 4.61. The maximum Gasteiger partial charge on any atom is 0.222 e. The van der Waals surface area contributed by atoms with Crippen molar-refractivity contribution in [1.29, 1.82) is 0 Å². The normalized spacial score (nSPS) is 16.9. The fourth-order valence-electron chi connectivity index (χ4n) is 1.68. The Hall–Kier alpha value is -1.10. The predicted molar refractivity (Wildman–Crippen MR) is 60.9 cm³/mol. The van der Waals surface area contributed by atoms with Gasteiger partial charge >= 0.3 is 0 Å². The number of nitrogens with zero attached hydrogens (tertiary/aromatic N) is 3. The number of carbonyl (C=O) groups excluding carboxylic acids is 1. The Morgan fingerprint density at radius 1 is 1.47 bits per heavy atom. The first-order chi connectivity index (χ1) is 7.31. The van der Waals surface area contributed by atoms with E-state index < -0.39 is 0 Å². The average Bonchev–Trinajstić information content (AvgIpc) is 2.82. The topological polar surface area (TPSA) is 36.4 Å². The number of carbonyl (C=O) groups is 1. The van der Waals surface area contributed by atoms with E-state index >= 15 is 0 Å². The van der Waals surface area contributed by atoms with Gasteiger partial charge in [-0.1, -0.05) is 0 Å². The molecule has 1 aliphatic rings. The van der Waals surface area contributed by atoms with Gasteiger partial charge in [-0.3, -0.25) is 4.79 Å². The number of rotatable bonds is 2. The van der Waals surface area contributed by atoms with Gasteiger partial charge in [0, 0.05) is 44.2 Å². The summed E-state index contributed by atoms with van der Waals surface area (Å²) in [4.78, 5) is 19.7. The lowest BCUT2D eigenvalue weighted by atomic mass is 10.3. The first-order valence-corrected chi connectivity index (χ1v) is 5.90. The van der Waals surface area contributed by atoms with Crippen LogP contribution in [0.1, 0.15) is 6.42 Å². The molecule has 1 fully saturated rings. The van der Waals surface area contributed by atoms with E-state index in [1.54, 1.807) is 11.3 Å². The first-order valence-electron chi connectivity index (χ1n) is 5.02. The number of amides is 1. The molecule has 1 aliphatic heterocycles. The van der Waals surface area contributed by atoms with E-state index in [1.165, 1.54) is 0 Å². The summed E-state index contributed by atoms with van der Waals surface area (Å²) in [6.45, 7) is 6.93. The van der Waals surface area contributed by atoms with Gasteiger partial charge in [-0.15, -0.1) is 11.3 Å². The molecule has 81 valence electrons. The highest BCUT2D eigenvalue weighted by atomic mass is 32.1. The Kier molecular flexibility index (Phi) is 3.20. The maximum atomic E-state index is 11.4. The third-order valence-corrected chi connectivity index (χ3v) is 3.37. The van der Waals surface area contributed by atoms with Crippen LogP contribution in [0.4, 0.5) is 5.13 Å². The molecular formula is C10H14N3OS. The number of anilines is 1. The van der Waals surface area contributed by atoms with Crippen molar-refractivity contribution < 1.29 is 4.79 Å². The maximum absolute atomic E-state index is 11.4. The molecule has 0 atom stereocenters. The van der Waals surface area contributed by atoms with Crippen molar-refractivity contribution in [3.8, 4) is 0 Å². The molecule has 1 radical (unpaired) electrons. The number of aromatic nitrogens is 1. The van der Waals surface area contributed by atoms with Gasteiger partial charge < -0.3 is 9.80 Å². The second-order valence-corrected chi connectivity index (χ2v) is 4.31. The van der Waals surface area contributed by atoms with Gasteiger partial charge in [0.2, 0.25) is 5.91 Å². The summed E-state index contributed by atoms with van der Waals surface area (Å²) in [5, 5.41) is 3.03. The number of hydrogen-bond donors (Lipinski definition) is 0. The number of thiazole rings is 1. The van der Waals surface area contributed by atoms with E-state index in [2.05, 4.69) is 16.8 Å². The van der Waals surface area contributed by atoms with Crippen LogP contribution in [0.15, 0.2) is 11.6 Å². The third-order valence-electron chi connectivity index (χ3n) is 2.54. The van der Waals surface area contributed by atoms with Crippen LogP contribution in [0.2, 0.25) is 0 Å². The van der Waals surface area contributed by atoms with Crippen LogP contribution < -0.4 is 4.90 Å². The molecular weight excluding hydrogens is 210 g/mol. The molecule has 1 aromatic rings. The van der Waals surface area contributed by atoms with Gasteiger partial charge in [-0.2, -0.15) is 0 Å². The standard InChI is InChI=1S/C10H14N3OS/c1-2-9(14)12-4-6-13(7-5-12)10-11-3-8-15-10/h3,8H,1-2,4-7H2. The van der Waals surface area contributed by atoms with E-state index in [0.29, 0.717) is 6.42 Å². The SMILES string of the molecule is [CH2]CC(=O)N1CCN(c2nccs2)CC1. The fourth-order valence-corrected chi connectivity index (χ4v) is 2.37. The predicted octanol–water partition coefficient (Wildman–Crippen LogP) is 1.02. The van der Waals surface area contributed by atoms with Crippen molar-refractivity contribution in [2.45, 2.75) is 6.42 Å². The Morgan fingerprint density at radius 3 is 2.73 bits per heavy atom. The van der Waals surface area contributed by atoms with E-state index in [9.17, 15) is 4.79 Å². The summed E-state index contributed by atoms with van der Waals surface area (Å²) < 4.78 is 0. The summed E-state index contributed by atoms with van der Waals surface area (Å²) in [7, 11) is 0. The molecule has 0 unspecified atom stereocenters. The second-order valence-electron chi connectivity index (χ2n) is 3.43. The number of piperazine rings is 1. The van der Waals surface area contributed by atoms with Crippen molar-refractivity contribution >= 4 is 22.4 Å². The Labute approximate surface area is 93.5 Å². The summed E-state index contributed by atoms with van der Waals surface area (Å²) in [5.74, 6) is 0.147. The molecule has 2 rings (SSSR count).